The smallest absolute Gasteiger partial charge is 0.251 e. The Hall–Kier alpha value is -2.57. The molecule has 2 N–H and O–H groups in total. The molecule has 1 fully saturated rings. The summed E-state index contributed by atoms with van der Waals surface area (Å²) in [5, 5.41) is 15.1. The van der Waals surface area contributed by atoms with Gasteiger partial charge in [0, 0.05) is 36.0 Å². The number of nitrogens with one attached hydrogen (secondary N) is 1. The number of hydrogen-bond donors (Lipinski definition) is 2. The lowest BCUT2D eigenvalue weighted by Gasteiger charge is -2.51. The zero-order chi connectivity index (χ0) is 24.4. The highest BCUT2D eigenvalue weighted by Gasteiger charge is 2.50. The van der Waals surface area contributed by atoms with Crippen LogP contribution in [0.4, 0.5) is 0 Å². The number of halogens is 1. The molecule has 0 aromatic heterocycles. The largest absolute Gasteiger partial charge is 0.495 e. The quantitative estimate of drug-likeness (QED) is 0.653. The molecular weight excluding hydrogens is 440 g/mol. The molecule has 33 heavy (non-hydrogen) atoms. The topological polar surface area (TPSA) is 78.9 Å². The molecular formula is C26H33ClN2O4. The fourth-order valence-electron chi connectivity index (χ4n) is 4.49. The second-order valence-electron chi connectivity index (χ2n) is 10.0. The van der Waals surface area contributed by atoms with Crippen molar-refractivity contribution in [3.63, 3.8) is 0 Å². The zero-order valence-corrected chi connectivity index (χ0v) is 20.7. The van der Waals surface area contributed by atoms with Gasteiger partial charge in [0.25, 0.3) is 5.91 Å². The summed E-state index contributed by atoms with van der Waals surface area (Å²) in [5.41, 5.74) is -1.20. The van der Waals surface area contributed by atoms with E-state index in [0.717, 1.165) is 5.56 Å². The maximum atomic E-state index is 13.2. The van der Waals surface area contributed by atoms with E-state index in [0.29, 0.717) is 35.8 Å². The van der Waals surface area contributed by atoms with E-state index in [2.05, 4.69) is 5.32 Å². The Labute approximate surface area is 200 Å². The molecule has 1 saturated heterocycles. The second kappa shape index (κ2) is 9.35. The van der Waals surface area contributed by atoms with Gasteiger partial charge < -0.3 is 20.1 Å². The zero-order valence-electron chi connectivity index (χ0n) is 19.9. The van der Waals surface area contributed by atoms with E-state index < -0.39 is 16.6 Å². The van der Waals surface area contributed by atoms with E-state index in [4.69, 9.17) is 16.3 Å². The lowest BCUT2D eigenvalue weighted by atomic mass is 9.66. The molecule has 1 heterocycles. The van der Waals surface area contributed by atoms with E-state index in [1.807, 2.05) is 39.8 Å². The first-order chi connectivity index (χ1) is 15.4. The number of nitrogens with zero attached hydrogens (tertiary/aromatic N) is 1. The maximum absolute atomic E-state index is 13.2. The van der Waals surface area contributed by atoms with Crippen molar-refractivity contribution in [2.75, 3.05) is 20.2 Å². The molecule has 0 radical (unpaired) electrons. The van der Waals surface area contributed by atoms with Crippen molar-refractivity contribution in [3.8, 4) is 5.75 Å². The molecule has 3 rings (SSSR count). The molecule has 0 bridgehead atoms. The Balaban J connectivity index is 1.70. The van der Waals surface area contributed by atoms with Gasteiger partial charge in [-0.05, 0) is 50.1 Å². The molecule has 1 aliphatic rings. The summed E-state index contributed by atoms with van der Waals surface area (Å²) < 4.78 is 5.33. The van der Waals surface area contributed by atoms with Gasteiger partial charge in [-0.25, -0.2) is 0 Å². The summed E-state index contributed by atoms with van der Waals surface area (Å²) in [7, 11) is 1.54. The molecule has 0 saturated carbocycles. The van der Waals surface area contributed by atoms with Gasteiger partial charge in [-0.1, -0.05) is 49.7 Å². The molecule has 0 spiro atoms. The highest BCUT2D eigenvalue weighted by Crippen LogP contribution is 2.47. The normalized spacial score (nSPS) is 20.3. The van der Waals surface area contributed by atoms with Crippen molar-refractivity contribution >= 4 is 23.4 Å². The predicted octanol–water partition coefficient (Wildman–Crippen LogP) is 4.39. The number of benzene rings is 2. The molecule has 6 nitrogen and oxygen atoms in total. The maximum Gasteiger partial charge on any atom is 0.251 e. The summed E-state index contributed by atoms with van der Waals surface area (Å²) in [6, 6.07) is 14.3. The van der Waals surface area contributed by atoms with Gasteiger partial charge in [0.1, 0.15) is 5.75 Å². The number of ether oxygens (including phenoxy) is 1. The predicted molar refractivity (Wildman–Crippen MR) is 129 cm³/mol. The number of carbonyl (C=O) groups excluding carboxylic acids is 2. The number of methoxy groups -OCH3 is 1. The third kappa shape index (κ3) is 5.33. The summed E-state index contributed by atoms with van der Waals surface area (Å²) in [5.74, 6) is 0.239. The minimum Gasteiger partial charge on any atom is -0.495 e. The first kappa shape index (κ1) is 25.1. The van der Waals surface area contributed by atoms with Gasteiger partial charge in [-0.2, -0.15) is 0 Å². The van der Waals surface area contributed by atoms with E-state index >= 15 is 0 Å². The Morgan fingerprint density at radius 3 is 2.45 bits per heavy atom. The highest BCUT2D eigenvalue weighted by atomic mass is 35.5. The van der Waals surface area contributed by atoms with Crippen LogP contribution in [0.1, 0.15) is 56.5 Å². The van der Waals surface area contributed by atoms with Crippen LogP contribution in [-0.2, 0) is 10.4 Å². The van der Waals surface area contributed by atoms with Crippen molar-refractivity contribution in [3.05, 3.63) is 64.7 Å². The monoisotopic (exact) mass is 472 g/mol. The van der Waals surface area contributed by atoms with Crippen LogP contribution in [0, 0.1) is 5.41 Å². The van der Waals surface area contributed by atoms with Crippen LogP contribution in [0.25, 0.3) is 0 Å². The van der Waals surface area contributed by atoms with E-state index in [9.17, 15) is 14.7 Å². The van der Waals surface area contributed by atoms with Gasteiger partial charge in [-0.3, -0.25) is 9.59 Å². The third-order valence-corrected chi connectivity index (χ3v) is 6.82. The number of carbonyl (C=O) groups is 2. The molecule has 2 amide bonds. The van der Waals surface area contributed by atoms with Crippen molar-refractivity contribution in [2.45, 2.75) is 51.7 Å². The number of amides is 2. The number of aliphatic hydroxyl groups is 1. The van der Waals surface area contributed by atoms with Crippen LogP contribution in [-0.4, -0.2) is 47.6 Å². The van der Waals surface area contributed by atoms with Crippen LogP contribution in [0.2, 0.25) is 5.02 Å². The van der Waals surface area contributed by atoms with Crippen LogP contribution >= 0.6 is 11.6 Å². The SMILES string of the molecule is COc1cc(C2(O)CCN(C(=O)CC(C)(C)NC(=O)c3ccccc3)CC2(C)C)ccc1Cl. The summed E-state index contributed by atoms with van der Waals surface area (Å²) >= 11 is 6.16. The van der Waals surface area contributed by atoms with Crippen molar-refractivity contribution in [1.82, 2.24) is 10.2 Å². The number of likely N-dealkylation sites (tertiary alicyclic amines) is 1. The molecule has 2 aromatic rings. The van der Waals surface area contributed by atoms with E-state index in [-0.39, 0.29) is 18.2 Å². The summed E-state index contributed by atoms with van der Waals surface area (Å²) in [6.45, 7) is 8.39. The molecule has 178 valence electrons. The summed E-state index contributed by atoms with van der Waals surface area (Å²) in [6.07, 6.45) is 0.544. The van der Waals surface area contributed by atoms with E-state index in [1.165, 1.54) is 0 Å². The second-order valence-corrected chi connectivity index (χ2v) is 10.4. The number of hydrogen-bond acceptors (Lipinski definition) is 4. The molecule has 2 aromatic carbocycles. The van der Waals surface area contributed by atoms with Gasteiger partial charge in [0.2, 0.25) is 5.91 Å². The third-order valence-electron chi connectivity index (χ3n) is 6.51. The Bertz CT molecular complexity index is 1020. The molecule has 1 aliphatic heterocycles. The average Bonchev–Trinajstić information content (AvgIpc) is 2.75. The molecule has 1 atom stereocenters. The Kier molecular flexibility index (Phi) is 7.10. The van der Waals surface area contributed by atoms with Crippen molar-refractivity contribution in [1.29, 1.82) is 0 Å². The minimum absolute atomic E-state index is 0.0582. The van der Waals surface area contributed by atoms with Crippen LogP contribution < -0.4 is 10.1 Å². The lowest BCUT2D eigenvalue weighted by molar-refractivity contribution is -0.154. The van der Waals surface area contributed by atoms with Crippen LogP contribution in [0.15, 0.2) is 48.5 Å². The molecule has 7 heteroatoms. The van der Waals surface area contributed by atoms with Gasteiger partial charge >= 0.3 is 0 Å². The van der Waals surface area contributed by atoms with Crippen LogP contribution in [0.3, 0.4) is 0 Å². The Morgan fingerprint density at radius 2 is 1.85 bits per heavy atom. The van der Waals surface area contributed by atoms with Crippen molar-refractivity contribution < 1.29 is 19.4 Å². The van der Waals surface area contributed by atoms with Gasteiger partial charge in [0.15, 0.2) is 0 Å². The first-order valence-corrected chi connectivity index (χ1v) is 11.5. The average molecular weight is 473 g/mol. The first-order valence-electron chi connectivity index (χ1n) is 11.1. The number of piperidine rings is 1. The highest BCUT2D eigenvalue weighted by molar-refractivity contribution is 6.32. The summed E-state index contributed by atoms with van der Waals surface area (Å²) in [4.78, 5) is 27.5. The minimum atomic E-state index is -1.14. The van der Waals surface area contributed by atoms with E-state index in [1.54, 1.807) is 48.4 Å². The fraction of sp³-hybridized carbons (Fsp3) is 0.462. The lowest BCUT2D eigenvalue weighted by Crippen LogP contribution is -2.58. The van der Waals surface area contributed by atoms with Gasteiger partial charge in [-0.15, -0.1) is 0 Å². The van der Waals surface area contributed by atoms with Gasteiger partial charge in [0.05, 0.1) is 17.7 Å². The Morgan fingerprint density at radius 1 is 1.18 bits per heavy atom. The number of rotatable bonds is 6. The standard InChI is InChI=1S/C26H33ClN2O4/c1-24(2)17-29(14-13-26(24,32)19-11-12-20(27)21(15-19)33-5)22(30)16-25(3,4)28-23(31)18-9-7-6-8-10-18/h6-12,15,32H,13-14,16-17H2,1-5H3,(H,28,31). The van der Waals surface area contributed by atoms with Crippen molar-refractivity contribution in [2.24, 2.45) is 5.41 Å². The molecule has 1 unspecified atom stereocenters. The van der Waals surface area contributed by atoms with Crippen LogP contribution in [0.5, 0.6) is 5.75 Å². The molecule has 0 aliphatic carbocycles. The fourth-order valence-corrected chi connectivity index (χ4v) is 4.68.